The molecule has 256 valence electrons. The molecule has 2 aliphatic heterocycles. The minimum absolute atomic E-state index is 0.00643. The van der Waals surface area contributed by atoms with Crippen molar-refractivity contribution < 1.29 is 47.0 Å². The van der Waals surface area contributed by atoms with E-state index in [-0.39, 0.29) is 46.6 Å². The molecule has 0 radical (unpaired) electrons. The molecular weight excluding hydrogens is 691 g/mol. The van der Waals surface area contributed by atoms with Crippen molar-refractivity contribution in [1.29, 1.82) is 0 Å². The van der Waals surface area contributed by atoms with Crippen LogP contribution in [0.3, 0.4) is 0 Å². The van der Waals surface area contributed by atoms with Crippen LogP contribution in [0.4, 0.5) is 18.4 Å². The van der Waals surface area contributed by atoms with Crippen molar-refractivity contribution in [2.45, 2.75) is 23.3 Å². The molecule has 6 rings (SSSR count). The molecular formula is C36H28F2N2O8S2. The second-order valence-electron chi connectivity index (χ2n) is 10.8. The van der Waals surface area contributed by atoms with Crippen LogP contribution >= 0.6 is 23.5 Å². The highest BCUT2D eigenvalue weighted by molar-refractivity contribution is 8.15. The summed E-state index contributed by atoms with van der Waals surface area (Å²) >= 11 is 1.95. The number of benzene rings is 4. The highest BCUT2D eigenvalue weighted by Gasteiger charge is 2.32. The summed E-state index contributed by atoms with van der Waals surface area (Å²) in [5.74, 6) is -1.68. The molecule has 2 saturated heterocycles. The van der Waals surface area contributed by atoms with E-state index < -0.39 is 33.7 Å². The van der Waals surface area contributed by atoms with Crippen molar-refractivity contribution in [3.05, 3.63) is 131 Å². The molecule has 2 atom stereocenters. The first-order valence-corrected chi connectivity index (χ1v) is 16.8. The van der Waals surface area contributed by atoms with E-state index >= 15 is 0 Å². The third-order valence-corrected chi connectivity index (χ3v) is 9.27. The Hall–Kier alpha value is -5.34. The van der Waals surface area contributed by atoms with Gasteiger partial charge >= 0.3 is 0 Å². The standard InChI is InChI=1S/2C18H14FNO4S/c2*19-14-4-2-1-3-13(14)15(21)10-24-12-7-5-11(6-8-12)9-16-17(22)20-18(23)25-16/h2*1-8,16H,9-10H2,(H,20,22,23)/t2*16-/m10/s1. The van der Waals surface area contributed by atoms with Gasteiger partial charge in [0.1, 0.15) is 23.1 Å². The summed E-state index contributed by atoms with van der Waals surface area (Å²) < 4.78 is 37.8. The Morgan fingerprint density at radius 1 is 0.560 bits per heavy atom. The molecule has 2 N–H and O–H groups in total. The number of carbonyl (C=O) groups excluding carboxylic acids is 6. The summed E-state index contributed by atoms with van der Waals surface area (Å²) in [6.07, 6.45) is 0.855. The van der Waals surface area contributed by atoms with Gasteiger partial charge < -0.3 is 9.47 Å². The van der Waals surface area contributed by atoms with Crippen LogP contribution in [-0.2, 0) is 22.4 Å². The Kier molecular flexibility index (Phi) is 12.1. The first kappa shape index (κ1) is 36.0. The van der Waals surface area contributed by atoms with E-state index in [2.05, 4.69) is 10.6 Å². The van der Waals surface area contributed by atoms with Gasteiger partial charge in [-0.1, -0.05) is 72.1 Å². The number of ketones is 2. The first-order chi connectivity index (χ1) is 24.0. The van der Waals surface area contributed by atoms with Crippen LogP contribution in [0.25, 0.3) is 0 Å². The highest BCUT2D eigenvalue weighted by atomic mass is 32.2. The summed E-state index contributed by atoms with van der Waals surface area (Å²) in [5, 5.41) is 2.97. The van der Waals surface area contributed by atoms with Crippen molar-refractivity contribution >= 4 is 57.4 Å². The molecule has 50 heavy (non-hydrogen) atoms. The lowest BCUT2D eigenvalue weighted by molar-refractivity contribution is -0.119. The average molecular weight is 719 g/mol. The Bertz CT molecular complexity index is 1780. The third-order valence-electron chi connectivity index (χ3n) is 7.31. The number of carbonyl (C=O) groups is 6. The van der Waals surface area contributed by atoms with Crippen LogP contribution in [0.2, 0.25) is 0 Å². The molecule has 0 unspecified atom stereocenters. The maximum absolute atomic E-state index is 13.5. The summed E-state index contributed by atoms with van der Waals surface area (Å²) in [6.45, 7) is -0.536. The van der Waals surface area contributed by atoms with Gasteiger partial charge in [-0.05, 0) is 72.5 Å². The van der Waals surface area contributed by atoms with Crippen LogP contribution in [-0.4, -0.2) is 57.6 Å². The molecule has 4 aromatic carbocycles. The fourth-order valence-corrected chi connectivity index (χ4v) is 6.47. The van der Waals surface area contributed by atoms with Gasteiger partial charge in [-0.2, -0.15) is 0 Å². The molecule has 0 spiro atoms. The Labute approximate surface area is 293 Å². The normalized spacial score (nSPS) is 16.6. The molecule has 4 aromatic rings. The number of nitrogens with one attached hydrogen (secondary N) is 2. The number of imide groups is 2. The largest absolute Gasteiger partial charge is 0.485 e. The van der Waals surface area contributed by atoms with E-state index in [1.54, 1.807) is 60.7 Å². The molecule has 0 aromatic heterocycles. The molecule has 2 aliphatic rings. The fourth-order valence-electron chi connectivity index (χ4n) is 4.75. The Morgan fingerprint density at radius 3 is 1.24 bits per heavy atom. The molecule has 14 heteroatoms. The van der Waals surface area contributed by atoms with Crippen LogP contribution in [0.5, 0.6) is 11.5 Å². The number of halogens is 2. The highest BCUT2D eigenvalue weighted by Crippen LogP contribution is 2.25. The van der Waals surface area contributed by atoms with Gasteiger partial charge in [0.05, 0.1) is 21.6 Å². The summed E-state index contributed by atoms with van der Waals surface area (Å²) in [6, 6.07) is 25.2. The molecule has 2 fully saturated rings. The molecule has 0 bridgehead atoms. The lowest BCUT2D eigenvalue weighted by atomic mass is 10.1. The van der Waals surface area contributed by atoms with E-state index in [4.69, 9.17) is 9.47 Å². The second-order valence-corrected chi connectivity index (χ2v) is 13.2. The molecule has 10 nitrogen and oxygen atoms in total. The lowest BCUT2D eigenvalue weighted by Crippen LogP contribution is -2.25. The SMILES string of the molecule is O=C1NC(=O)[C@@H](Cc2ccc(OCC(=O)c3ccccc3F)cc2)S1.O=C1NC(=O)[C@H](Cc2ccc(OCC(=O)c3ccccc3F)cc2)S1. The van der Waals surface area contributed by atoms with Crippen molar-refractivity contribution in [3.63, 3.8) is 0 Å². The van der Waals surface area contributed by atoms with E-state index in [0.717, 1.165) is 34.7 Å². The van der Waals surface area contributed by atoms with Crippen molar-refractivity contribution in [2.24, 2.45) is 0 Å². The zero-order valence-electron chi connectivity index (χ0n) is 26.1. The first-order valence-electron chi connectivity index (χ1n) is 15.1. The molecule has 4 amide bonds. The molecule has 0 aliphatic carbocycles. The number of rotatable bonds is 12. The third kappa shape index (κ3) is 9.86. The maximum atomic E-state index is 13.5. The van der Waals surface area contributed by atoms with Crippen LogP contribution in [0.1, 0.15) is 31.8 Å². The van der Waals surface area contributed by atoms with Gasteiger partial charge in [-0.15, -0.1) is 0 Å². The monoisotopic (exact) mass is 718 g/mol. The number of thioether (sulfide) groups is 2. The van der Waals surface area contributed by atoms with Crippen molar-refractivity contribution in [1.82, 2.24) is 10.6 Å². The minimum Gasteiger partial charge on any atom is -0.485 e. The van der Waals surface area contributed by atoms with E-state index in [1.807, 2.05) is 0 Å². The number of Topliss-reactive ketones (excluding diaryl/α,β-unsaturated/α-hetero) is 2. The van der Waals surface area contributed by atoms with Gasteiger partial charge in [0, 0.05) is 0 Å². The van der Waals surface area contributed by atoms with Gasteiger partial charge in [0.25, 0.3) is 10.5 Å². The number of amides is 4. The Balaban J connectivity index is 0.000000194. The van der Waals surface area contributed by atoms with Crippen LogP contribution < -0.4 is 20.1 Å². The summed E-state index contributed by atoms with van der Waals surface area (Å²) in [4.78, 5) is 69.3. The van der Waals surface area contributed by atoms with Gasteiger partial charge in [-0.3, -0.25) is 39.4 Å². The topological polar surface area (TPSA) is 145 Å². The Morgan fingerprint density at radius 2 is 0.920 bits per heavy atom. The zero-order valence-corrected chi connectivity index (χ0v) is 27.7. The summed E-state index contributed by atoms with van der Waals surface area (Å²) in [5.41, 5.74) is 1.73. The quantitative estimate of drug-likeness (QED) is 0.168. The van der Waals surface area contributed by atoms with Gasteiger partial charge in [0.2, 0.25) is 23.4 Å². The number of ether oxygens (including phenoxy) is 2. The molecule has 2 heterocycles. The number of hydrogen-bond acceptors (Lipinski definition) is 10. The number of hydrogen-bond donors (Lipinski definition) is 2. The fraction of sp³-hybridized carbons (Fsp3) is 0.167. The maximum Gasteiger partial charge on any atom is 0.286 e. The predicted octanol–water partition coefficient (Wildman–Crippen LogP) is 5.96. The minimum atomic E-state index is -0.576. The molecule has 0 saturated carbocycles. The predicted molar refractivity (Wildman–Crippen MR) is 183 cm³/mol. The summed E-state index contributed by atoms with van der Waals surface area (Å²) in [7, 11) is 0. The zero-order chi connectivity index (χ0) is 35.6. The van der Waals surface area contributed by atoms with E-state index in [9.17, 15) is 37.5 Å². The average Bonchev–Trinajstić information content (AvgIpc) is 3.60. The second kappa shape index (κ2) is 16.9. The van der Waals surface area contributed by atoms with Crippen LogP contribution in [0.15, 0.2) is 97.1 Å². The van der Waals surface area contributed by atoms with E-state index in [0.29, 0.717) is 24.3 Å². The van der Waals surface area contributed by atoms with Gasteiger partial charge in [-0.25, -0.2) is 8.78 Å². The van der Waals surface area contributed by atoms with Crippen LogP contribution in [0, 0.1) is 11.6 Å². The van der Waals surface area contributed by atoms with Gasteiger partial charge in [0.15, 0.2) is 13.2 Å². The smallest absolute Gasteiger partial charge is 0.286 e. The van der Waals surface area contributed by atoms with Crippen molar-refractivity contribution in [2.75, 3.05) is 13.2 Å². The lowest BCUT2D eigenvalue weighted by Gasteiger charge is -2.08. The van der Waals surface area contributed by atoms with E-state index in [1.165, 1.54) is 36.4 Å². The van der Waals surface area contributed by atoms with Crippen molar-refractivity contribution in [3.8, 4) is 11.5 Å².